The summed E-state index contributed by atoms with van der Waals surface area (Å²) in [6, 6.07) is 28.9. The van der Waals surface area contributed by atoms with E-state index in [4.69, 9.17) is 0 Å². The number of rotatable bonds is 3. The molecule has 8 aromatic rings. The van der Waals surface area contributed by atoms with Crippen LogP contribution in [-0.2, 0) is 6.18 Å². The Morgan fingerprint density at radius 2 is 0.812 bits per heavy atom. The second-order valence-electron chi connectivity index (χ2n) is 12.8. The van der Waals surface area contributed by atoms with E-state index < -0.39 is 23.4 Å². The van der Waals surface area contributed by atoms with Crippen LogP contribution in [-0.4, -0.2) is 9.13 Å². The van der Waals surface area contributed by atoms with E-state index in [1.54, 1.807) is 9.13 Å². The van der Waals surface area contributed by atoms with Gasteiger partial charge in [-0.1, -0.05) is 48.5 Å². The first-order valence-corrected chi connectivity index (χ1v) is 15.6. The highest BCUT2D eigenvalue weighted by molar-refractivity contribution is 6.11. The molecule has 2 aromatic heterocycles. The van der Waals surface area contributed by atoms with Crippen molar-refractivity contribution in [3.63, 3.8) is 0 Å². The first kappa shape index (κ1) is 29.9. The number of benzene rings is 6. The van der Waals surface area contributed by atoms with E-state index in [2.05, 4.69) is 0 Å². The second kappa shape index (κ2) is 10.5. The monoisotopic (exact) mass is 644 g/mol. The van der Waals surface area contributed by atoms with E-state index in [9.17, 15) is 8.78 Å². The van der Waals surface area contributed by atoms with Crippen LogP contribution in [0.4, 0.5) is 22.0 Å². The molecule has 0 bridgehead atoms. The average Bonchev–Trinajstić information content (AvgIpc) is 3.49. The van der Waals surface area contributed by atoms with Crippen LogP contribution in [0.25, 0.3) is 66.1 Å². The fourth-order valence-electron chi connectivity index (χ4n) is 7.11. The van der Waals surface area contributed by atoms with Crippen LogP contribution < -0.4 is 0 Å². The normalized spacial score (nSPS) is 12.3. The molecule has 0 fully saturated rings. The molecule has 0 N–H and O–H groups in total. The van der Waals surface area contributed by atoms with Gasteiger partial charge in [0.1, 0.15) is 11.6 Å². The van der Waals surface area contributed by atoms with Crippen LogP contribution in [0.2, 0.25) is 0 Å². The lowest BCUT2D eigenvalue weighted by molar-refractivity contribution is -0.137. The third kappa shape index (κ3) is 4.67. The summed E-state index contributed by atoms with van der Waals surface area (Å²) in [6.45, 7) is 7.64. The molecular weight excluding hydrogens is 615 g/mol. The predicted molar refractivity (Wildman–Crippen MR) is 184 cm³/mol. The van der Waals surface area contributed by atoms with Crippen LogP contribution >= 0.6 is 0 Å². The maximum Gasteiger partial charge on any atom is 0.418 e. The van der Waals surface area contributed by atoms with E-state index in [-0.39, 0.29) is 22.5 Å². The van der Waals surface area contributed by atoms with Crippen molar-refractivity contribution < 1.29 is 22.0 Å². The Hall–Kier alpha value is -5.43. The number of alkyl halides is 3. The van der Waals surface area contributed by atoms with Crippen molar-refractivity contribution in [1.29, 1.82) is 0 Å². The van der Waals surface area contributed by atoms with Crippen molar-refractivity contribution in [2.75, 3.05) is 0 Å². The number of fused-ring (bicyclic) bond motifs is 6. The van der Waals surface area contributed by atoms with Gasteiger partial charge in [0.2, 0.25) is 0 Å². The minimum atomic E-state index is -4.78. The molecule has 7 heteroatoms. The molecule has 8 rings (SSSR count). The minimum Gasteiger partial charge on any atom is -0.309 e. The van der Waals surface area contributed by atoms with E-state index in [0.717, 1.165) is 55.9 Å². The van der Waals surface area contributed by atoms with Gasteiger partial charge in [0.05, 0.1) is 39.0 Å². The molecule has 0 saturated heterocycles. The zero-order chi connectivity index (χ0) is 33.6. The van der Waals surface area contributed by atoms with E-state index >= 15 is 13.2 Å². The number of halogens is 5. The Morgan fingerprint density at radius 3 is 1.19 bits per heavy atom. The third-order valence-electron chi connectivity index (χ3n) is 9.23. The Kier molecular flexibility index (Phi) is 6.57. The Labute approximate surface area is 273 Å². The van der Waals surface area contributed by atoms with Crippen molar-refractivity contribution in [2.45, 2.75) is 33.9 Å². The minimum absolute atomic E-state index is 0.126. The molecule has 0 aliphatic heterocycles. The molecule has 0 amide bonds. The lowest BCUT2D eigenvalue weighted by Crippen LogP contribution is -2.13. The molecule has 0 spiro atoms. The molecule has 0 aliphatic carbocycles. The molecule has 6 aromatic carbocycles. The van der Waals surface area contributed by atoms with Crippen molar-refractivity contribution in [3.05, 3.63) is 143 Å². The highest BCUT2D eigenvalue weighted by Crippen LogP contribution is 2.45. The first-order valence-electron chi connectivity index (χ1n) is 15.6. The number of nitrogens with zero attached hydrogens (tertiary/aromatic N) is 2. The van der Waals surface area contributed by atoms with Crippen LogP contribution in [0.3, 0.4) is 0 Å². The maximum absolute atomic E-state index is 15.5. The molecule has 0 unspecified atom stereocenters. The summed E-state index contributed by atoms with van der Waals surface area (Å²) < 4.78 is 79.7. The zero-order valence-corrected chi connectivity index (χ0v) is 26.6. The molecule has 0 aliphatic rings. The molecule has 238 valence electrons. The fraction of sp³-hybridized carbons (Fsp3) is 0.122. The summed E-state index contributed by atoms with van der Waals surface area (Å²) in [5, 5.41) is 3.33. The number of hydrogen-bond donors (Lipinski definition) is 0. The van der Waals surface area contributed by atoms with Crippen molar-refractivity contribution in [1.82, 2.24) is 9.13 Å². The third-order valence-corrected chi connectivity index (χ3v) is 9.23. The SMILES string of the molecule is Cc1ccc2c3ccc(C)cc3n(-c3cc(C(F)(F)F)c(-n4c5cc(C)ccc5c5ccc(C)cc54)cc3-c3cc(F)cc(F)c3)c2c1. The molecular formula is C41H29F5N2. The molecule has 0 saturated carbocycles. The van der Waals surface area contributed by atoms with Crippen molar-refractivity contribution in [3.8, 4) is 22.5 Å². The van der Waals surface area contributed by atoms with Crippen molar-refractivity contribution >= 4 is 43.6 Å². The fourth-order valence-corrected chi connectivity index (χ4v) is 7.11. The number of aryl methyl sites for hydroxylation is 4. The lowest BCUT2D eigenvalue weighted by atomic mass is 9.98. The Balaban J connectivity index is 1.60. The van der Waals surface area contributed by atoms with Crippen LogP contribution in [0.1, 0.15) is 27.8 Å². The van der Waals surface area contributed by atoms with Gasteiger partial charge in [-0.2, -0.15) is 13.2 Å². The quantitative estimate of drug-likeness (QED) is 0.169. The number of aromatic nitrogens is 2. The van der Waals surface area contributed by atoms with Gasteiger partial charge in [-0.05, 0) is 104 Å². The van der Waals surface area contributed by atoms with Gasteiger partial charge in [-0.25, -0.2) is 8.78 Å². The van der Waals surface area contributed by atoms with Gasteiger partial charge in [0.25, 0.3) is 0 Å². The predicted octanol–water partition coefficient (Wildman–Crippen LogP) is 12.1. The Morgan fingerprint density at radius 1 is 0.438 bits per heavy atom. The summed E-state index contributed by atoms with van der Waals surface area (Å²) in [7, 11) is 0. The molecule has 0 atom stereocenters. The van der Waals surface area contributed by atoms with Crippen LogP contribution in [0, 0.1) is 39.3 Å². The van der Waals surface area contributed by atoms with Gasteiger partial charge < -0.3 is 9.13 Å². The summed E-state index contributed by atoms with van der Waals surface area (Å²) >= 11 is 0. The average molecular weight is 645 g/mol. The van der Waals surface area contributed by atoms with Gasteiger partial charge in [-0.15, -0.1) is 0 Å². The van der Waals surface area contributed by atoms with Crippen LogP contribution in [0.5, 0.6) is 0 Å². The standard InChI is InChI=1S/C41H29F5N2/c1-22-5-9-29-30-10-6-23(2)14-36(30)47(35(29)13-22)39-21-34(41(44,45)46)40(20-33(39)26-17-27(42)19-28(43)18-26)48-37-15-24(3)7-11-31(37)32-12-8-25(4)16-38(32)48/h5-21H,1-4H3. The molecule has 0 radical (unpaired) electrons. The summed E-state index contributed by atoms with van der Waals surface area (Å²) in [6.07, 6.45) is -4.78. The van der Waals surface area contributed by atoms with E-state index in [1.165, 1.54) is 18.2 Å². The topological polar surface area (TPSA) is 9.86 Å². The van der Waals surface area contributed by atoms with Crippen molar-refractivity contribution in [2.24, 2.45) is 0 Å². The first-order chi connectivity index (χ1) is 22.9. The summed E-state index contributed by atoms with van der Waals surface area (Å²) in [5.41, 5.74) is 5.77. The second-order valence-corrected chi connectivity index (χ2v) is 12.8. The maximum atomic E-state index is 15.5. The summed E-state index contributed by atoms with van der Waals surface area (Å²) in [5.74, 6) is -1.65. The van der Waals surface area contributed by atoms with E-state index in [1.807, 2.05) is 100 Å². The highest BCUT2D eigenvalue weighted by atomic mass is 19.4. The molecule has 2 heterocycles. The number of hydrogen-bond acceptors (Lipinski definition) is 0. The van der Waals surface area contributed by atoms with Gasteiger partial charge >= 0.3 is 6.18 Å². The summed E-state index contributed by atoms with van der Waals surface area (Å²) in [4.78, 5) is 0. The van der Waals surface area contributed by atoms with E-state index in [0.29, 0.717) is 22.1 Å². The van der Waals surface area contributed by atoms with Gasteiger partial charge in [-0.3, -0.25) is 0 Å². The smallest absolute Gasteiger partial charge is 0.309 e. The molecule has 48 heavy (non-hydrogen) atoms. The largest absolute Gasteiger partial charge is 0.418 e. The Bertz CT molecular complexity index is 2480. The zero-order valence-electron chi connectivity index (χ0n) is 26.6. The lowest BCUT2D eigenvalue weighted by Gasteiger charge is -2.22. The molecule has 2 nitrogen and oxygen atoms in total. The van der Waals surface area contributed by atoms with Gasteiger partial charge in [0.15, 0.2) is 0 Å². The van der Waals surface area contributed by atoms with Crippen LogP contribution in [0.15, 0.2) is 103 Å². The van der Waals surface area contributed by atoms with Gasteiger partial charge in [0, 0.05) is 33.2 Å². The highest BCUT2D eigenvalue weighted by Gasteiger charge is 2.37.